The summed E-state index contributed by atoms with van der Waals surface area (Å²) in [7, 11) is 2.31. The predicted molar refractivity (Wildman–Crippen MR) is 135 cm³/mol. The maximum atomic E-state index is 14.1. The number of rotatable bonds is 8. The van der Waals surface area contributed by atoms with Gasteiger partial charge in [-0.1, -0.05) is 19.9 Å². The zero-order valence-electron chi connectivity index (χ0n) is 22.1. The van der Waals surface area contributed by atoms with E-state index >= 15 is 0 Å². The summed E-state index contributed by atoms with van der Waals surface area (Å²) in [6.45, 7) is 5.00. The van der Waals surface area contributed by atoms with E-state index in [-0.39, 0.29) is 24.3 Å². The Bertz CT molecular complexity index is 1200. The molecule has 1 aromatic carbocycles. The first kappa shape index (κ1) is 30.1. The van der Waals surface area contributed by atoms with Gasteiger partial charge in [-0.25, -0.2) is 9.59 Å². The summed E-state index contributed by atoms with van der Waals surface area (Å²) in [6, 6.07) is 6.04. The second kappa shape index (κ2) is 11.8. The van der Waals surface area contributed by atoms with Gasteiger partial charge in [0.25, 0.3) is 5.91 Å². The van der Waals surface area contributed by atoms with Crippen molar-refractivity contribution in [3.8, 4) is 0 Å². The van der Waals surface area contributed by atoms with E-state index in [0.29, 0.717) is 4.88 Å². The van der Waals surface area contributed by atoms with Crippen molar-refractivity contribution in [3.63, 3.8) is 0 Å². The van der Waals surface area contributed by atoms with Gasteiger partial charge in [-0.05, 0) is 61.4 Å². The van der Waals surface area contributed by atoms with Crippen LogP contribution in [-0.2, 0) is 34.8 Å². The molecule has 1 aliphatic rings. The van der Waals surface area contributed by atoms with Crippen LogP contribution in [0.3, 0.4) is 0 Å². The first-order chi connectivity index (χ1) is 18.3. The van der Waals surface area contributed by atoms with Gasteiger partial charge in [-0.15, -0.1) is 11.3 Å². The molecule has 1 fully saturated rings. The molecule has 12 heteroatoms. The Hall–Kier alpha value is -3.41. The minimum absolute atomic E-state index is 0.0986. The lowest BCUT2D eigenvalue weighted by molar-refractivity contribution is -0.168. The number of ether oxygens (including phenoxy) is 3. The van der Waals surface area contributed by atoms with Crippen molar-refractivity contribution in [2.75, 3.05) is 14.2 Å². The van der Waals surface area contributed by atoms with Gasteiger partial charge in [-0.2, -0.15) is 13.2 Å². The number of alkyl halides is 3. The molecular weight excluding hydrogens is 539 g/mol. The predicted octanol–water partition coefficient (Wildman–Crippen LogP) is 5.03. The lowest BCUT2D eigenvalue weighted by Gasteiger charge is -2.40. The van der Waals surface area contributed by atoms with E-state index in [9.17, 15) is 32.3 Å². The molecule has 1 aliphatic heterocycles. The van der Waals surface area contributed by atoms with Crippen LogP contribution in [0, 0.1) is 11.8 Å². The van der Waals surface area contributed by atoms with Gasteiger partial charge in [0.1, 0.15) is 5.54 Å². The summed E-state index contributed by atoms with van der Waals surface area (Å²) in [4.78, 5) is 54.8. The third-order valence-corrected chi connectivity index (χ3v) is 7.57. The number of thiophene rings is 1. The monoisotopic (exact) mass is 569 g/mol. The maximum Gasteiger partial charge on any atom is 0.416 e. The van der Waals surface area contributed by atoms with Crippen molar-refractivity contribution < 1.29 is 46.6 Å². The number of benzene rings is 1. The van der Waals surface area contributed by atoms with Crippen molar-refractivity contribution in [2.24, 2.45) is 11.8 Å². The Kier molecular flexibility index (Phi) is 9.09. The van der Waals surface area contributed by atoms with E-state index in [4.69, 9.17) is 9.47 Å². The van der Waals surface area contributed by atoms with Crippen molar-refractivity contribution in [1.29, 1.82) is 0 Å². The molecule has 0 radical (unpaired) electrons. The highest BCUT2D eigenvalue weighted by Gasteiger charge is 2.62. The van der Waals surface area contributed by atoms with Gasteiger partial charge in [0, 0.05) is 10.4 Å². The first-order valence-electron chi connectivity index (χ1n) is 12.2. The van der Waals surface area contributed by atoms with Crippen LogP contribution in [-0.4, -0.2) is 54.6 Å². The molecule has 39 heavy (non-hydrogen) atoms. The summed E-state index contributed by atoms with van der Waals surface area (Å²) < 4.78 is 54.7. The number of carbonyl (C=O) groups excluding carboxylic acids is 4. The Balaban J connectivity index is 2.19. The van der Waals surface area contributed by atoms with E-state index < -0.39 is 59.2 Å². The number of nitrogens with zero attached hydrogens (tertiary/aromatic N) is 1. The highest BCUT2D eigenvalue weighted by Crippen LogP contribution is 2.52. The van der Waals surface area contributed by atoms with Crippen molar-refractivity contribution in [1.82, 2.24) is 4.90 Å². The molecule has 0 saturated carbocycles. The molecule has 8 nitrogen and oxygen atoms in total. The van der Waals surface area contributed by atoms with E-state index in [1.807, 2.05) is 13.8 Å². The SMILES string of the molecule is COC(=O)[C@@H](C)OC(=O)[C@H]1C[C@@](CC(C)C)(C(=O)OC)N(C(=O)c2ccc(C(F)(F)F)cc2)[C@H]1c1cccs1. The van der Waals surface area contributed by atoms with Crippen LogP contribution in [0.25, 0.3) is 0 Å². The van der Waals surface area contributed by atoms with Gasteiger partial charge in [0.05, 0.1) is 31.7 Å². The summed E-state index contributed by atoms with van der Waals surface area (Å²) in [5.41, 5.74) is -2.68. The number of hydrogen-bond donors (Lipinski definition) is 0. The van der Waals surface area contributed by atoms with Crippen LogP contribution >= 0.6 is 11.3 Å². The molecule has 1 aromatic heterocycles. The summed E-state index contributed by atoms with van der Waals surface area (Å²) in [5.74, 6) is -4.37. The molecule has 2 heterocycles. The van der Waals surface area contributed by atoms with E-state index in [1.165, 1.54) is 23.2 Å². The van der Waals surface area contributed by atoms with Crippen LogP contribution in [0.15, 0.2) is 41.8 Å². The summed E-state index contributed by atoms with van der Waals surface area (Å²) in [5, 5.41) is 1.73. The third kappa shape index (κ3) is 6.10. The number of esters is 3. The summed E-state index contributed by atoms with van der Waals surface area (Å²) in [6.07, 6.45) is -5.93. The molecule has 0 spiro atoms. The Morgan fingerprint density at radius 3 is 2.18 bits per heavy atom. The fraction of sp³-hybridized carbons (Fsp3) is 0.481. The quantitative estimate of drug-likeness (QED) is 0.325. The van der Waals surface area contributed by atoms with E-state index in [0.717, 1.165) is 38.5 Å². The number of hydrogen-bond acceptors (Lipinski definition) is 8. The van der Waals surface area contributed by atoms with Crippen LogP contribution in [0.2, 0.25) is 0 Å². The average Bonchev–Trinajstić information content (AvgIpc) is 3.53. The lowest BCUT2D eigenvalue weighted by atomic mass is 9.83. The molecule has 0 unspecified atom stereocenters. The second-order valence-electron chi connectivity index (χ2n) is 9.74. The number of halogens is 3. The van der Waals surface area contributed by atoms with Crippen molar-refractivity contribution in [2.45, 2.75) is 57.5 Å². The maximum absolute atomic E-state index is 14.1. The largest absolute Gasteiger partial charge is 0.467 e. The highest BCUT2D eigenvalue weighted by molar-refractivity contribution is 7.10. The topological polar surface area (TPSA) is 99.2 Å². The minimum Gasteiger partial charge on any atom is -0.467 e. The zero-order chi connectivity index (χ0) is 29.1. The number of carbonyl (C=O) groups is 4. The standard InChI is InChI=1S/C27H30F3NO7S/c1-15(2)13-26(25(35)37-5)14-19(24(34)38-16(3)23(33)36-4)21(20-7-6-12-39-20)31(26)22(32)17-8-10-18(11-9-17)27(28,29)30/h6-12,15-16,19,21H,13-14H2,1-5H3/t16-,19+,21-,26+/m1/s1. The van der Waals surface area contributed by atoms with E-state index in [1.54, 1.807) is 17.5 Å². The summed E-state index contributed by atoms with van der Waals surface area (Å²) >= 11 is 1.24. The van der Waals surface area contributed by atoms with Crippen LogP contribution in [0.4, 0.5) is 13.2 Å². The fourth-order valence-electron chi connectivity index (χ4n) is 5.07. The van der Waals surface area contributed by atoms with Crippen molar-refractivity contribution >= 4 is 35.2 Å². The van der Waals surface area contributed by atoms with Gasteiger partial charge >= 0.3 is 24.1 Å². The normalized spacial score (nSPS) is 21.9. The van der Waals surface area contributed by atoms with Crippen LogP contribution in [0.5, 0.6) is 0 Å². The minimum atomic E-state index is -4.60. The van der Waals surface area contributed by atoms with E-state index in [2.05, 4.69) is 4.74 Å². The molecule has 0 bridgehead atoms. The van der Waals surface area contributed by atoms with Gasteiger partial charge in [-0.3, -0.25) is 9.59 Å². The fourth-order valence-corrected chi connectivity index (χ4v) is 5.95. The highest BCUT2D eigenvalue weighted by atomic mass is 32.1. The Labute approximate surface area is 228 Å². The Morgan fingerprint density at radius 2 is 1.69 bits per heavy atom. The number of methoxy groups -OCH3 is 2. The number of likely N-dealkylation sites (tertiary alicyclic amines) is 1. The average molecular weight is 570 g/mol. The zero-order valence-corrected chi connectivity index (χ0v) is 22.9. The van der Waals surface area contributed by atoms with Crippen LogP contribution in [0.1, 0.15) is 60.5 Å². The third-order valence-electron chi connectivity index (χ3n) is 6.63. The molecule has 3 rings (SSSR count). The molecule has 0 N–H and O–H groups in total. The molecule has 2 aromatic rings. The lowest BCUT2D eigenvalue weighted by Crippen LogP contribution is -2.55. The van der Waals surface area contributed by atoms with Gasteiger partial charge in [0.15, 0.2) is 6.10 Å². The molecule has 0 aliphatic carbocycles. The smallest absolute Gasteiger partial charge is 0.416 e. The molecular formula is C27H30F3NO7S. The van der Waals surface area contributed by atoms with Gasteiger partial charge in [0.2, 0.25) is 0 Å². The molecule has 1 saturated heterocycles. The molecule has 4 atom stereocenters. The first-order valence-corrected chi connectivity index (χ1v) is 13.1. The molecule has 212 valence electrons. The number of amides is 1. The Morgan fingerprint density at radius 1 is 1.05 bits per heavy atom. The second-order valence-corrected chi connectivity index (χ2v) is 10.7. The van der Waals surface area contributed by atoms with Gasteiger partial charge < -0.3 is 19.1 Å². The van der Waals surface area contributed by atoms with Crippen molar-refractivity contribution in [3.05, 3.63) is 57.8 Å². The van der Waals surface area contributed by atoms with Crippen LogP contribution < -0.4 is 0 Å². The molecule has 1 amide bonds.